The van der Waals surface area contributed by atoms with Gasteiger partial charge in [0.05, 0.1) is 24.9 Å². The van der Waals surface area contributed by atoms with Crippen LogP contribution < -0.4 is 11.2 Å². The second-order valence-electron chi connectivity index (χ2n) is 8.76. The van der Waals surface area contributed by atoms with Gasteiger partial charge >= 0.3 is 5.69 Å². The van der Waals surface area contributed by atoms with Crippen LogP contribution in [0.5, 0.6) is 0 Å². The minimum absolute atomic E-state index is 0.00704. The summed E-state index contributed by atoms with van der Waals surface area (Å²) in [6, 6.07) is 2.02. The summed E-state index contributed by atoms with van der Waals surface area (Å²) in [5, 5.41) is 9.07. The third kappa shape index (κ3) is 6.08. The van der Waals surface area contributed by atoms with Gasteiger partial charge in [0.2, 0.25) is 0 Å². The minimum Gasteiger partial charge on any atom is -0.352 e. The molecule has 4 atom stereocenters. The fraction of sp³-hybridized carbons (Fsp3) is 0.682. The lowest BCUT2D eigenvalue weighted by Gasteiger charge is -2.37. The van der Waals surface area contributed by atoms with Crippen LogP contribution in [-0.2, 0) is 13.8 Å². The normalized spacial score (nSPS) is 22.9. The fourth-order valence-electron chi connectivity index (χ4n) is 4.32. The van der Waals surface area contributed by atoms with Crippen molar-refractivity contribution in [3.05, 3.63) is 45.3 Å². The Balaban J connectivity index is 2.26. The average molecular weight is 467 g/mol. The van der Waals surface area contributed by atoms with Crippen molar-refractivity contribution in [1.29, 1.82) is 5.26 Å². The predicted molar refractivity (Wildman–Crippen MR) is 124 cm³/mol. The first-order valence-corrected chi connectivity index (χ1v) is 12.8. The molecule has 9 nitrogen and oxygen atoms in total. The average Bonchev–Trinajstić information content (AvgIpc) is 3.10. The zero-order chi connectivity index (χ0) is 24.1. The summed E-state index contributed by atoms with van der Waals surface area (Å²) in [6.45, 7) is 13.3. The van der Waals surface area contributed by atoms with Crippen LogP contribution in [0.1, 0.15) is 58.7 Å². The molecule has 2 heterocycles. The number of aryl methyl sites for hydroxylation is 1. The summed E-state index contributed by atoms with van der Waals surface area (Å²) < 4.78 is 29.3. The molecule has 32 heavy (non-hydrogen) atoms. The van der Waals surface area contributed by atoms with Crippen LogP contribution in [0.15, 0.2) is 28.4 Å². The highest BCUT2D eigenvalue weighted by Crippen LogP contribution is 2.54. The molecule has 178 valence electrons. The summed E-state index contributed by atoms with van der Waals surface area (Å²) in [4.78, 5) is 26.3. The first-order chi connectivity index (χ1) is 15.0. The third-order valence-corrected chi connectivity index (χ3v) is 8.61. The molecule has 1 N–H and O–H groups in total. The second kappa shape index (κ2) is 11.2. The van der Waals surface area contributed by atoms with E-state index in [0.29, 0.717) is 18.4 Å². The van der Waals surface area contributed by atoms with Crippen molar-refractivity contribution in [2.45, 2.75) is 78.3 Å². The monoisotopic (exact) mass is 466 g/mol. The van der Waals surface area contributed by atoms with Crippen molar-refractivity contribution in [1.82, 2.24) is 14.2 Å². The van der Waals surface area contributed by atoms with Crippen molar-refractivity contribution in [3.8, 4) is 6.07 Å². The lowest BCUT2D eigenvalue weighted by atomic mass is 9.97. The number of nitriles is 1. The number of nitrogens with one attached hydrogen (secondary N) is 1. The van der Waals surface area contributed by atoms with E-state index in [9.17, 15) is 14.2 Å². The number of hydrogen-bond acceptors (Lipinski definition) is 6. The van der Waals surface area contributed by atoms with Crippen molar-refractivity contribution < 1.29 is 13.8 Å². The van der Waals surface area contributed by atoms with Gasteiger partial charge in [-0.05, 0) is 53.4 Å². The topological polar surface area (TPSA) is 117 Å². The van der Waals surface area contributed by atoms with Crippen molar-refractivity contribution in [3.63, 3.8) is 0 Å². The Morgan fingerprint density at radius 1 is 1.41 bits per heavy atom. The third-order valence-electron chi connectivity index (χ3n) is 5.64. The number of allylic oxidation sites excluding steroid dienone is 1. The van der Waals surface area contributed by atoms with Crippen LogP contribution in [0.2, 0.25) is 0 Å². The van der Waals surface area contributed by atoms with Gasteiger partial charge in [-0.3, -0.25) is 18.9 Å². The molecule has 2 unspecified atom stereocenters. The van der Waals surface area contributed by atoms with E-state index in [-0.39, 0.29) is 37.2 Å². The molecule has 10 heteroatoms. The predicted octanol–water partition coefficient (Wildman–Crippen LogP) is 3.57. The number of hydrogen-bond donors (Lipinski definition) is 1. The van der Waals surface area contributed by atoms with E-state index >= 15 is 0 Å². The summed E-state index contributed by atoms with van der Waals surface area (Å²) in [7, 11) is -3.28. The Morgan fingerprint density at radius 3 is 2.62 bits per heavy atom. The SMILES string of the molecule is C=CCC1C[C@H](n2cc(C)c(=O)[nH]c2=O)O[C@@H]1COP(=O)(CCC#N)N(C(C)C)C(C)C. The van der Waals surface area contributed by atoms with E-state index < -0.39 is 31.1 Å². The maximum Gasteiger partial charge on any atom is 0.330 e. The van der Waals surface area contributed by atoms with Gasteiger partial charge in [0.25, 0.3) is 13.1 Å². The van der Waals surface area contributed by atoms with Gasteiger partial charge in [0.1, 0.15) is 6.23 Å². The molecule has 1 aromatic heterocycles. The highest BCUT2D eigenvalue weighted by molar-refractivity contribution is 7.56. The van der Waals surface area contributed by atoms with Crippen molar-refractivity contribution in [2.24, 2.45) is 5.92 Å². The molecule has 1 fully saturated rings. The molecule has 1 aliphatic rings. The Morgan fingerprint density at radius 2 is 2.06 bits per heavy atom. The Kier molecular flexibility index (Phi) is 9.23. The molecule has 1 saturated heterocycles. The number of aromatic nitrogens is 2. The standard InChI is InChI=1S/C22H35N4O5P/c1-7-9-18-12-20(25-13-17(6)21(27)24-22(25)28)31-19(18)14-30-32(29,11-8-10-23)26(15(2)3)16(4)5/h7,13,15-16,18-20H,1,8-9,11-12,14H2,2-6H3,(H,24,27,28)/t18?,19-,20-,32?/m1/s1. The highest BCUT2D eigenvalue weighted by Gasteiger charge is 2.40. The van der Waals surface area contributed by atoms with Crippen molar-refractivity contribution >= 4 is 7.52 Å². The summed E-state index contributed by atoms with van der Waals surface area (Å²) >= 11 is 0. The van der Waals surface area contributed by atoms with Crippen LogP contribution in [0.3, 0.4) is 0 Å². The largest absolute Gasteiger partial charge is 0.352 e. The summed E-state index contributed by atoms with van der Waals surface area (Å²) in [6.07, 6.45) is 3.75. The van der Waals surface area contributed by atoms with E-state index in [1.54, 1.807) is 13.0 Å². The van der Waals surface area contributed by atoms with Crippen LogP contribution in [0.25, 0.3) is 0 Å². The molecule has 2 rings (SSSR count). The maximum absolute atomic E-state index is 13.8. The highest BCUT2D eigenvalue weighted by atomic mass is 31.2. The molecule has 0 amide bonds. The van der Waals surface area contributed by atoms with E-state index in [1.165, 1.54) is 10.8 Å². The van der Waals surface area contributed by atoms with Gasteiger partial charge in [0.15, 0.2) is 0 Å². The summed E-state index contributed by atoms with van der Waals surface area (Å²) in [5.74, 6) is 0.00704. The van der Waals surface area contributed by atoms with Gasteiger partial charge in [-0.25, -0.2) is 9.46 Å². The van der Waals surface area contributed by atoms with Crippen LogP contribution in [-0.4, -0.2) is 45.2 Å². The molecule has 0 aromatic carbocycles. The first kappa shape index (κ1) is 26.3. The number of ether oxygens (including phenoxy) is 1. The maximum atomic E-state index is 13.8. The Labute approximate surface area is 189 Å². The van der Waals surface area contributed by atoms with Gasteiger partial charge in [-0.1, -0.05) is 6.08 Å². The van der Waals surface area contributed by atoms with Gasteiger partial charge in [-0.15, -0.1) is 6.58 Å². The fourth-order valence-corrected chi connectivity index (χ4v) is 6.99. The van der Waals surface area contributed by atoms with Gasteiger partial charge in [0, 0.05) is 30.3 Å². The molecule has 0 radical (unpaired) electrons. The molecule has 0 aliphatic carbocycles. The lowest BCUT2D eigenvalue weighted by Crippen LogP contribution is -2.37. The minimum atomic E-state index is -3.28. The molecule has 1 aromatic rings. The number of aromatic amines is 1. The van der Waals surface area contributed by atoms with E-state index in [4.69, 9.17) is 14.5 Å². The van der Waals surface area contributed by atoms with Crippen molar-refractivity contribution in [2.75, 3.05) is 12.8 Å². The van der Waals surface area contributed by atoms with E-state index in [0.717, 1.165) is 0 Å². The summed E-state index contributed by atoms with van der Waals surface area (Å²) in [5.41, 5.74) is -0.540. The zero-order valence-corrected chi connectivity index (χ0v) is 20.5. The van der Waals surface area contributed by atoms with Gasteiger partial charge < -0.3 is 9.26 Å². The number of nitrogens with zero attached hydrogens (tertiary/aromatic N) is 3. The van der Waals surface area contributed by atoms with Crippen LogP contribution >= 0.6 is 7.52 Å². The Bertz CT molecular complexity index is 985. The lowest BCUT2D eigenvalue weighted by molar-refractivity contribution is -0.0290. The smallest absolute Gasteiger partial charge is 0.330 e. The molecule has 1 aliphatic heterocycles. The molecule has 0 spiro atoms. The molecule has 0 saturated carbocycles. The van der Waals surface area contributed by atoms with Crippen LogP contribution in [0, 0.1) is 24.2 Å². The van der Waals surface area contributed by atoms with Crippen LogP contribution in [0.4, 0.5) is 0 Å². The molecular formula is C22H35N4O5P. The molecule has 0 bridgehead atoms. The number of rotatable bonds is 11. The quantitative estimate of drug-likeness (QED) is 0.391. The first-order valence-electron chi connectivity index (χ1n) is 11.0. The van der Waals surface area contributed by atoms with Gasteiger partial charge in [-0.2, -0.15) is 5.26 Å². The number of H-pyrrole nitrogens is 1. The zero-order valence-electron chi connectivity index (χ0n) is 19.6. The van der Waals surface area contributed by atoms with E-state index in [2.05, 4.69) is 17.6 Å². The Hall–Kier alpha value is -1.98. The van der Waals surface area contributed by atoms with E-state index in [1.807, 2.05) is 32.4 Å². The molecular weight excluding hydrogens is 431 g/mol. The second-order valence-corrected chi connectivity index (χ2v) is 11.2.